The van der Waals surface area contributed by atoms with Crippen molar-refractivity contribution in [1.29, 1.82) is 0 Å². The molecule has 86 valence electrons. The zero-order valence-corrected chi connectivity index (χ0v) is 9.87. The zero-order chi connectivity index (χ0) is 11.8. The molecule has 3 rings (SSSR count). The minimum Gasteiger partial charge on any atom is -0.324 e. The fraction of sp³-hybridized carbons (Fsp3) is 0.154. The number of hydrogen-bond donors (Lipinski definition) is 1. The summed E-state index contributed by atoms with van der Waals surface area (Å²) in [5.74, 6) is 0.0287. The normalized spacial score (nSPS) is 14.3. The molecule has 0 saturated carbocycles. The number of anilines is 1. The van der Waals surface area contributed by atoms with Crippen molar-refractivity contribution in [3.05, 3.63) is 47.2 Å². The van der Waals surface area contributed by atoms with E-state index in [-0.39, 0.29) is 5.91 Å². The maximum Gasteiger partial charge on any atom is 0.224 e. The third-order valence-corrected chi connectivity index (χ3v) is 3.17. The standard InChI is InChI=1S/C13H11ClN2O/c14-9-3-5-12-11(8-9)15-13(17)6-4-10-2-1-7-16(10)12/h1-3,5,7-8H,4,6H2,(H,15,17). The Bertz CT molecular complexity index is 589. The number of nitrogens with zero attached hydrogens (tertiary/aromatic N) is 1. The van der Waals surface area contributed by atoms with Gasteiger partial charge in [0.2, 0.25) is 5.91 Å². The minimum absolute atomic E-state index is 0.0287. The number of halogens is 1. The van der Waals surface area contributed by atoms with E-state index < -0.39 is 0 Å². The van der Waals surface area contributed by atoms with Crippen molar-refractivity contribution in [2.75, 3.05) is 5.32 Å². The molecular weight excluding hydrogens is 236 g/mol. The predicted molar refractivity (Wildman–Crippen MR) is 67.7 cm³/mol. The van der Waals surface area contributed by atoms with Gasteiger partial charge >= 0.3 is 0 Å². The van der Waals surface area contributed by atoms with E-state index in [4.69, 9.17) is 11.6 Å². The highest BCUT2D eigenvalue weighted by molar-refractivity contribution is 6.31. The van der Waals surface area contributed by atoms with Crippen LogP contribution in [-0.4, -0.2) is 10.5 Å². The van der Waals surface area contributed by atoms with Gasteiger partial charge in [-0.15, -0.1) is 0 Å². The summed E-state index contributed by atoms with van der Waals surface area (Å²) in [5, 5.41) is 3.51. The van der Waals surface area contributed by atoms with Crippen molar-refractivity contribution < 1.29 is 4.79 Å². The molecule has 0 fully saturated rings. The van der Waals surface area contributed by atoms with Crippen LogP contribution in [0.5, 0.6) is 0 Å². The molecule has 1 aliphatic rings. The Labute approximate surface area is 104 Å². The van der Waals surface area contributed by atoms with Crippen LogP contribution in [0.2, 0.25) is 5.02 Å². The van der Waals surface area contributed by atoms with Crippen molar-refractivity contribution in [2.24, 2.45) is 0 Å². The fourth-order valence-electron chi connectivity index (χ4n) is 2.13. The van der Waals surface area contributed by atoms with Gasteiger partial charge in [0.15, 0.2) is 0 Å². The Morgan fingerprint density at radius 2 is 2.12 bits per heavy atom. The highest BCUT2D eigenvalue weighted by Crippen LogP contribution is 2.28. The van der Waals surface area contributed by atoms with Crippen LogP contribution in [-0.2, 0) is 11.2 Å². The second kappa shape index (κ2) is 3.93. The molecule has 0 radical (unpaired) electrons. The van der Waals surface area contributed by atoms with Gasteiger partial charge in [0.25, 0.3) is 0 Å². The average Bonchev–Trinajstić information content (AvgIpc) is 2.72. The summed E-state index contributed by atoms with van der Waals surface area (Å²) < 4.78 is 2.09. The third-order valence-electron chi connectivity index (χ3n) is 2.93. The molecule has 0 unspecified atom stereocenters. The summed E-state index contributed by atoms with van der Waals surface area (Å²) >= 11 is 5.96. The molecule has 1 aromatic heterocycles. The number of aromatic nitrogens is 1. The van der Waals surface area contributed by atoms with Gasteiger partial charge < -0.3 is 9.88 Å². The number of carbonyl (C=O) groups excluding carboxylic acids is 1. The second-order valence-corrected chi connectivity index (χ2v) is 4.52. The van der Waals surface area contributed by atoms with E-state index in [2.05, 4.69) is 9.88 Å². The number of benzene rings is 1. The van der Waals surface area contributed by atoms with Crippen molar-refractivity contribution in [3.63, 3.8) is 0 Å². The molecule has 0 spiro atoms. The molecule has 0 saturated heterocycles. The van der Waals surface area contributed by atoms with Crippen LogP contribution in [0, 0.1) is 0 Å². The number of amides is 1. The lowest BCUT2D eigenvalue weighted by atomic mass is 10.1. The van der Waals surface area contributed by atoms with Crippen LogP contribution in [0.25, 0.3) is 5.69 Å². The van der Waals surface area contributed by atoms with E-state index in [1.54, 1.807) is 6.07 Å². The van der Waals surface area contributed by atoms with Gasteiger partial charge in [-0.1, -0.05) is 11.6 Å². The molecule has 1 N–H and O–H groups in total. The van der Waals surface area contributed by atoms with Gasteiger partial charge in [-0.2, -0.15) is 0 Å². The van der Waals surface area contributed by atoms with E-state index in [0.29, 0.717) is 11.4 Å². The maximum absolute atomic E-state index is 11.7. The molecule has 1 amide bonds. The van der Waals surface area contributed by atoms with Crippen molar-refractivity contribution in [1.82, 2.24) is 4.57 Å². The highest BCUT2D eigenvalue weighted by Gasteiger charge is 2.15. The lowest BCUT2D eigenvalue weighted by molar-refractivity contribution is -0.116. The minimum atomic E-state index is 0.0287. The van der Waals surface area contributed by atoms with Crippen LogP contribution in [0.15, 0.2) is 36.5 Å². The number of hydrogen-bond acceptors (Lipinski definition) is 1. The van der Waals surface area contributed by atoms with Crippen LogP contribution >= 0.6 is 11.6 Å². The Kier molecular flexibility index (Phi) is 2.41. The Morgan fingerprint density at radius 3 is 3.00 bits per heavy atom. The van der Waals surface area contributed by atoms with Crippen molar-refractivity contribution in [3.8, 4) is 5.69 Å². The van der Waals surface area contributed by atoms with Crippen LogP contribution in [0.3, 0.4) is 0 Å². The quantitative estimate of drug-likeness (QED) is 0.762. The molecule has 0 atom stereocenters. The Hall–Kier alpha value is -1.74. The van der Waals surface area contributed by atoms with Crippen molar-refractivity contribution in [2.45, 2.75) is 12.8 Å². The average molecular weight is 247 g/mol. The predicted octanol–water partition coefficient (Wildman–Crippen LogP) is 3.02. The SMILES string of the molecule is O=C1CCc2cccn2-c2ccc(Cl)cc2N1. The summed E-state index contributed by atoms with van der Waals surface area (Å²) in [7, 11) is 0. The van der Waals surface area contributed by atoms with E-state index in [0.717, 1.165) is 23.5 Å². The van der Waals surface area contributed by atoms with E-state index in [1.165, 1.54) is 0 Å². The molecule has 0 aliphatic carbocycles. The van der Waals surface area contributed by atoms with Crippen molar-refractivity contribution >= 4 is 23.2 Å². The number of aryl methyl sites for hydroxylation is 1. The lowest BCUT2D eigenvalue weighted by Crippen LogP contribution is -2.18. The third kappa shape index (κ3) is 1.83. The van der Waals surface area contributed by atoms with Crippen LogP contribution in [0.1, 0.15) is 12.1 Å². The smallest absolute Gasteiger partial charge is 0.224 e. The first-order valence-electron chi connectivity index (χ1n) is 5.50. The molecule has 1 aromatic carbocycles. The summed E-state index contributed by atoms with van der Waals surface area (Å²) in [6.07, 6.45) is 3.25. The Morgan fingerprint density at radius 1 is 1.24 bits per heavy atom. The van der Waals surface area contributed by atoms with Gasteiger partial charge in [-0.3, -0.25) is 4.79 Å². The highest BCUT2D eigenvalue weighted by atomic mass is 35.5. The molecule has 2 heterocycles. The van der Waals surface area contributed by atoms with Gasteiger partial charge in [0.1, 0.15) is 0 Å². The van der Waals surface area contributed by atoms with E-state index in [1.807, 2.05) is 30.5 Å². The number of fused-ring (bicyclic) bond motifs is 3. The molecular formula is C13H11ClN2O. The first kappa shape index (κ1) is 10.4. The molecule has 4 heteroatoms. The first-order chi connectivity index (χ1) is 8.24. The maximum atomic E-state index is 11.7. The monoisotopic (exact) mass is 246 g/mol. The summed E-state index contributed by atoms with van der Waals surface area (Å²) in [6, 6.07) is 9.56. The summed E-state index contributed by atoms with van der Waals surface area (Å²) in [6.45, 7) is 0. The zero-order valence-electron chi connectivity index (χ0n) is 9.11. The van der Waals surface area contributed by atoms with Gasteiger partial charge in [0, 0.05) is 23.3 Å². The van der Waals surface area contributed by atoms with E-state index >= 15 is 0 Å². The number of carbonyl (C=O) groups is 1. The van der Waals surface area contributed by atoms with Gasteiger partial charge in [-0.25, -0.2) is 0 Å². The molecule has 3 nitrogen and oxygen atoms in total. The number of rotatable bonds is 0. The molecule has 0 bridgehead atoms. The van der Waals surface area contributed by atoms with Gasteiger partial charge in [0.05, 0.1) is 11.4 Å². The largest absolute Gasteiger partial charge is 0.324 e. The number of nitrogens with one attached hydrogen (secondary N) is 1. The summed E-state index contributed by atoms with van der Waals surface area (Å²) in [4.78, 5) is 11.7. The van der Waals surface area contributed by atoms with Crippen LogP contribution in [0.4, 0.5) is 5.69 Å². The molecule has 1 aliphatic heterocycles. The van der Waals surface area contributed by atoms with Crippen LogP contribution < -0.4 is 5.32 Å². The first-order valence-corrected chi connectivity index (χ1v) is 5.88. The Balaban J connectivity index is 2.22. The fourth-order valence-corrected chi connectivity index (χ4v) is 2.30. The van der Waals surface area contributed by atoms with Gasteiger partial charge in [-0.05, 0) is 36.8 Å². The molecule has 2 aromatic rings. The molecule has 17 heavy (non-hydrogen) atoms. The second-order valence-electron chi connectivity index (χ2n) is 4.08. The summed E-state index contributed by atoms with van der Waals surface area (Å²) in [5.41, 5.74) is 2.87. The topological polar surface area (TPSA) is 34.0 Å². The van der Waals surface area contributed by atoms with E-state index in [9.17, 15) is 4.79 Å². The lowest BCUT2D eigenvalue weighted by Gasteiger charge is -2.18.